The topological polar surface area (TPSA) is 46.3 Å². The van der Waals surface area contributed by atoms with Crippen molar-refractivity contribution in [3.05, 3.63) is 0 Å². The summed E-state index contributed by atoms with van der Waals surface area (Å²) in [6, 6.07) is 0.246. The van der Waals surface area contributed by atoms with E-state index in [0.717, 1.165) is 38.1 Å². The molecule has 2 N–H and O–H groups in total. The van der Waals surface area contributed by atoms with Gasteiger partial charge in [0.1, 0.15) is 0 Å². The van der Waals surface area contributed by atoms with E-state index in [2.05, 4.69) is 0 Å². The van der Waals surface area contributed by atoms with E-state index in [1.165, 1.54) is 32.1 Å². The Kier molecular flexibility index (Phi) is 7.16. The van der Waals surface area contributed by atoms with E-state index in [9.17, 15) is 4.79 Å². The molecule has 0 aromatic heterocycles. The fourth-order valence-corrected chi connectivity index (χ4v) is 3.61. The molecule has 2 atom stereocenters. The molecular weight excluding hydrogens is 260 g/mol. The maximum absolute atomic E-state index is 12.4. The van der Waals surface area contributed by atoms with Gasteiger partial charge in [0.2, 0.25) is 5.91 Å². The van der Waals surface area contributed by atoms with Crippen LogP contribution >= 0.6 is 12.4 Å². The number of carbonyl (C=O) groups excluding carboxylic acids is 1. The number of carbonyl (C=O) groups is 1. The van der Waals surface area contributed by atoms with Crippen molar-refractivity contribution in [1.82, 2.24) is 4.90 Å². The van der Waals surface area contributed by atoms with Gasteiger partial charge in [-0.05, 0) is 38.0 Å². The highest BCUT2D eigenvalue weighted by Crippen LogP contribution is 2.27. The molecule has 2 saturated carbocycles. The summed E-state index contributed by atoms with van der Waals surface area (Å²) in [6.45, 7) is 0.963. The highest BCUT2D eigenvalue weighted by Gasteiger charge is 2.28. The first-order valence-electron chi connectivity index (χ1n) is 7.67. The molecule has 0 aromatic carbocycles. The number of hydrogen-bond donors (Lipinski definition) is 1. The lowest BCUT2D eigenvalue weighted by atomic mass is 9.84. The summed E-state index contributed by atoms with van der Waals surface area (Å²) in [4.78, 5) is 14.4. The minimum absolute atomic E-state index is 0. The number of nitrogens with two attached hydrogens (primary N) is 1. The Labute approximate surface area is 123 Å². The zero-order valence-electron chi connectivity index (χ0n) is 12.1. The molecule has 2 aliphatic rings. The lowest BCUT2D eigenvalue weighted by Crippen LogP contribution is -2.40. The van der Waals surface area contributed by atoms with Gasteiger partial charge in [-0.25, -0.2) is 0 Å². The van der Waals surface area contributed by atoms with E-state index < -0.39 is 0 Å². The lowest BCUT2D eigenvalue weighted by molar-refractivity contribution is -0.136. The normalized spacial score (nSPS) is 28.5. The second kappa shape index (κ2) is 8.11. The monoisotopic (exact) mass is 288 g/mol. The molecule has 3 nitrogen and oxygen atoms in total. The molecular formula is C15H29ClN2O. The summed E-state index contributed by atoms with van der Waals surface area (Å²) >= 11 is 0. The molecule has 0 bridgehead atoms. The minimum atomic E-state index is 0. The molecule has 0 aliphatic heterocycles. The van der Waals surface area contributed by atoms with Crippen LogP contribution in [0.4, 0.5) is 0 Å². The van der Waals surface area contributed by atoms with Crippen LogP contribution in [-0.4, -0.2) is 30.4 Å². The fraction of sp³-hybridized carbons (Fsp3) is 0.933. The van der Waals surface area contributed by atoms with Gasteiger partial charge in [-0.2, -0.15) is 0 Å². The lowest BCUT2D eigenvalue weighted by Gasteiger charge is -2.32. The molecule has 0 saturated heterocycles. The summed E-state index contributed by atoms with van der Waals surface area (Å²) in [5.74, 6) is 1.28. The molecule has 2 aliphatic carbocycles. The first-order valence-corrected chi connectivity index (χ1v) is 7.67. The van der Waals surface area contributed by atoms with E-state index in [-0.39, 0.29) is 24.4 Å². The highest BCUT2D eigenvalue weighted by molar-refractivity contribution is 5.85. The van der Waals surface area contributed by atoms with Crippen LogP contribution in [0.15, 0.2) is 0 Å². The number of nitrogens with zero attached hydrogens (tertiary/aromatic N) is 1. The van der Waals surface area contributed by atoms with Gasteiger partial charge >= 0.3 is 0 Å². The Balaban J connectivity index is 0.00000180. The Hall–Kier alpha value is -0.280. The second-order valence-corrected chi connectivity index (χ2v) is 6.35. The van der Waals surface area contributed by atoms with Gasteiger partial charge in [0.15, 0.2) is 0 Å². The van der Waals surface area contributed by atoms with Crippen LogP contribution in [0.5, 0.6) is 0 Å². The van der Waals surface area contributed by atoms with Crippen LogP contribution in [0.3, 0.4) is 0 Å². The van der Waals surface area contributed by atoms with Gasteiger partial charge in [-0.1, -0.05) is 25.7 Å². The van der Waals surface area contributed by atoms with Crippen LogP contribution < -0.4 is 5.73 Å². The molecule has 0 radical (unpaired) electrons. The predicted molar refractivity (Wildman–Crippen MR) is 81.4 cm³/mol. The zero-order valence-corrected chi connectivity index (χ0v) is 13.0. The van der Waals surface area contributed by atoms with E-state index in [1.807, 2.05) is 11.9 Å². The van der Waals surface area contributed by atoms with Crippen molar-refractivity contribution in [1.29, 1.82) is 0 Å². The molecule has 2 rings (SSSR count). The fourth-order valence-electron chi connectivity index (χ4n) is 3.61. The smallest absolute Gasteiger partial charge is 0.225 e. The molecule has 4 heteroatoms. The summed E-state index contributed by atoms with van der Waals surface area (Å²) < 4.78 is 0. The Morgan fingerprint density at radius 3 is 2.42 bits per heavy atom. The molecule has 112 valence electrons. The van der Waals surface area contributed by atoms with Crippen molar-refractivity contribution in [2.24, 2.45) is 17.6 Å². The predicted octanol–water partition coefficient (Wildman–Crippen LogP) is 2.96. The van der Waals surface area contributed by atoms with E-state index >= 15 is 0 Å². The average Bonchev–Trinajstić information content (AvgIpc) is 2.39. The van der Waals surface area contributed by atoms with Crippen LogP contribution in [0.2, 0.25) is 0 Å². The van der Waals surface area contributed by atoms with Gasteiger partial charge in [0.25, 0.3) is 0 Å². The maximum atomic E-state index is 12.4. The molecule has 2 fully saturated rings. The number of rotatable bonds is 3. The Morgan fingerprint density at radius 2 is 1.79 bits per heavy atom. The number of amides is 1. The molecule has 0 heterocycles. The summed E-state index contributed by atoms with van der Waals surface area (Å²) in [7, 11) is 1.98. The summed E-state index contributed by atoms with van der Waals surface area (Å²) in [5.41, 5.74) is 5.98. The molecule has 0 spiro atoms. The SMILES string of the molecule is CN(CC1CCCCC1)C(=O)C1CCCC(N)C1.Cl. The first-order chi connectivity index (χ1) is 8.66. The number of halogens is 1. The van der Waals surface area contributed by atoms with Crippen molar-refractivity contribution >= 4 is 18.3 Å². The van der Waals surface area contributed by atoms with Gasteiger partial charge in [0, 0.05) is 25.6 Å². The van der Waals surface area contributed by atoms with Gasteiger partial charge < -0.3 is 10.6 Å². The summed E-state index contributed by atoms with van der Waals surface area (Å²) in [5, 5.41) is 0. The Morgan fingerprint density at radius 1 is 1.11 bits per heavy atom. The van der Waals surface area contributed by atoms with Crippen molar-refractivity contribution in [2.75, 3.05) is 13.6 Å². The van der Waals surface area contributed by atoms with Crippen LogP contribution in [-0.2, 0) is 4.79 Å². The maximum Gasteiger partial charge on any atom is 0.225 e. The van der Waals surface area contributed by atoms with E-state index in [0.29, 0.717) is 5.91 Å². The molecule has 2 unspecified atom stereocenters. The highest BCUT2D eigenvalue weighted by atomic mass is 35.5. The van der Waals surface area contributed by atoms with E-state index in [1.54, 1.807) is 0 Å². The summed E-state index contributed by atoms with van der Waals surface area (Å²) in [6.07, 6.45) is 10.8. The minimum Gasteiger partial charge on any atom is -0.345 e. The van der Waals surface area contributed by atoms with Crippen molar-refractivity contribution in [3.8, 4) is 0 Å². The average molecular weight is 289 g/mol. The molecule has 0 aromatic rings. The van der Waals surface area contributed by atoms with Crippen molar-refractivity contribution in [3.63, 3.8) is 0 Å². The van der Waals surface area contributed by atoms with Gasteiger partial charge in [-0.3, -0.25) is 4.79 Å². The third-order valence-corrected chi connectivity index (χ3v) is 4.70. The van der Waals surface area contributed by atoms with Crippen LogP contribution in [0.1, 0.15) is 57.8 Å². The zero-order chi connectivity index (χ0) is 13.0. The van der Waals surface area contributed by atoms with Crippen molar-refractivity contribution < 1.29 is 4.79 Å². The Bertz CT molecular complexity index is 279. The quantitative estimate of drug-likeness (QED) is 0.868. The third-order valence-electron chi connectivity index (χ3n) is 4.70. The number of hydrogen-bond acceptors (Lipinski definition) is 2. The van der Waals surface area contributed by atoms with Crippen LogP contribution in [0.25, 0.3) is 0 Å². The van der Waals surface area contributed by atoms with Gasteiger partial charge in [0.05, 0.1) is 0 Å². The molecule has 19 heavy (non-hydrogen) atoms. The first kappa shape index (κ1) is 16.8. The van der Waals surface area contributed by atoms with Crippen molar-refractivity contribution in [2.45, 2.75) is 63.8 Å². The third kappa shape index (κ3) is 4.96. The van der Waals surface area contributed by atoms with Crippen LogP contribution in [0, 0.1) is 11.8 Å². The van der Waals surface area contributed by atoms with E-state index in [4.69, 9.17) is 5.73 Å². The largest absolute Gasteiger partial charge is 0.345 e. The standard InChI is InChI=1S/C15H28N2O.ClH/c1-17(11-12-6-3-2-4-7-12)15(18)13-8-5-9-14(16)10-13;/h12-14H,2-11,16H2,1H3;1H. The van der Waals surface area contributed by atoms with Gasteiger partial charge in [-0.15, -0.1) is 12.4 Å². The molecule has 1 amide bonds. The second-order valence-electron chi connectivity index (χ2n) is 6.35.